The second kappa shape index (κ2) is 7.29. The average Bonchev–Trinajstić information content (AvgIpc) is 3.10. The van der Waals surface area contributed by atoms with Crippen molar-refractivity contribution in [3.8, 4) is 5.75 Å². The molecule has 23 heavy (non-hydrogen) atoms. The van der Waals surface area contributed by atoms with Crippen molar-refractivity contribution in [2.45, 2.75) is 13.0 Å². The molecule has 0 radical (unpaired) electrons. The molecule has 1 unspecified atom stereocenters. The van der Waals surface area contributed by atoms with E-state index < -0.39 is 0 Å². The molecular formula is C19H21NO3. The second-order valence-corrected chi connectivity index (χ2v) is 5.89. The fraction of sp³-hybridized carbons (Fsp3) is 0.316. The van der Waals surface area contributed by atoms with Gasteiger partial charge in [0.05, 0.1) is 0 Å². The van der Waals surface area contributed by atoms with Crippen molar-refractivity contribution in [2.75, 3.05) is 19.7 Å². The van der Waals surface area contributed by atoms with E-state index in [4.69, 9.17) is 4.74 Å². The topological polar surface area (TPSA) is 49.8 Å². The monoisotopic (exact) mass is 311 g/mol. The quantitative estimate of drug-likeness (QED) is 0.923. The first-order valence-corrected chi connectivity index (χ1v) is 7.93. The third-order valence-corrected chi connectivity index (χ3v) is 4.16. The average molecular weight is 311 g/mol. The SMILES string of the molecule is O=C(c1cccc(OCc2ccccc2)c1)N1CCC(CO)C1. The molecule has 120 valence electrons. The minimum absolute atomic E-state index is 0.00566. The summed E-state index contributed by atoms with van der Waals surface area (Å²) in [4.78, 5) is 14.3. The lowest BCUT2D eigenvalue weighted by Gasteiger charge is -2.16. The third-order valence-electron chi connectivity index (χ3n) is 4.16. The van der Waals surface area contributed by atoms with E-state index in [2.05, 4.69) is 0 Å². The number of hydrogen-bond acceptors (Lipinski definition) is 3. The first-order chi connectivity index (χ1) is 11.3. The van der Waals surface area contributed by atoms with Crippen molar-refractivity contribution in [3.05, 3.63) is 65.7 Å². The summed E-state index contributed by atoms with van der Waals surface area (Å²) in [5.41, 5.74) is 1.73. The van der Waals surface area contributed by atoms with Crippen molar-refractivity contribution < 1.29 is 14.6 Å². The Kier molecular flexibility index (Phi) is 4.93. The predicted molar refractivity (Wildman–Crippen MR) is 88.3 cm³/mol. The van der Waals surface area contributed by atoms with Gasteiger partial charge in [-0.25, -0.2) is 0 Å². The van der Waals surface area contributed by atoms with Gasteiger partial charge in [0, 0.05) is 31.2 Å². The molecule has 1 N–H and O–H groups in total. The van der Waals surface area contributed by atoms with E-state index in [-0.39, 0.29) is 18.4 Å². The summed E-state index contributed by atoms with van der Waals surface area (Å²) in [5, 5.41) is 9.20. The van der Waals surface area contributed by atoms with E-state index in [9.17, 15) is 9.90 Å². The zero-order valence-electron chi connectivity index (χ0n) is 13.0. The summed E-state index contributed by atoms with van der Waals surface area (Å²) < 4.78 is 5.78. The summed E-state index contributed by atoms with van der Waals surface area (Å²) in [6, 6.07) is 17.2. The Labute approximate surface area is 136 Å². The van der Waals surface area contributed by atoms with Crippen LogP contribution in [0.4, 0.5) is 0 Å². The Morgan fingerprint density at radius 3 is 2.74 bits per heavy atom. The van der Waals surface area contributed by atoms with Crippen LogP contribution in [0, 0.1) is 5.92 Å². The largest absolute Gasteiger partial charge is 0.489 e. The fourth-order valence-corrected chi connectivity index (χ4v) is 2.81. The number of amides is 1. The molecule has 0 spiro atoms. The number of rotatable bonds is 5. The molecule has 3 rings (SSSR count). The molecule has 1 heterocycles. The molecule has 0 bridgehead atoms. The van der Waals surface area contributed by atoms with Gasteiger partial charge >= 0.3 is 0 Å². The molecule has 2 aromatic carbocycles. The Balaban J connectivity index is 1.64. The number of carbonyl (C=O) groups is 1. The highest BCUT2D eigenvalue weighted by molar-refractivity contribution is 5.94. The molecule has 4 nitrogen and oxygen atoms in total. The van der Waals surface area contributed by atoms with E-state index in [0.717, 1.165) is 12.0 Å². The van der Waals surface area contributed by atoms with Crippen LogP contribution in [0.5, 0.6) is 5.75 Å². The molecule has 1 amide bonds. The zero-order valence-corrected chi connectivity index (χ0v) is 13.0. The van der Waals surface area contributed by atoms with Gasteiger partial charge in [-0.1, -0.05) is 36.4 Å². The van der Waals surface area contributed by atoms with Crippen molar-refractivity contribution in [2.24, 2.45) is 5.92 Å². The number of aliphatic hydroxyl groups excluding tert-OH is 1. The van der Waals surface area contributed by atoms with Crippen LogP contribution < -0.4 is 4.74 Å². The lowest BCUT2D eigenvalue weighted by atomic mass is 10.1. The van der Waals surface area contributed by atoms with Gasteiger partial charge in [0.25, 0.3) is 5.91 Å². The highest BCUT2D eigenvalue weighted by Gasteiger charge is 2.26. The van der Waals surface area contributed by atoms with Crippen molar-refractivity contribution in [1.29, 1.82) is 0 Å². The highest BCUT2D eigenvalue weighted by atomic mass is 16.5. The lowest BCUT2D eigenvalue weighted by Crippen LogP contribution is -2.29. The van der Waals surface area contributed by atoms with Crippen LogP contribution in [0.15, 0.2) is 54.6 Å². The Morgan fingerprint density at radius 2 is 2.00 bits per heavy atom. The number of likely N-dealkylation sites (tertiary alicyclic amines) is 1. The maximum atomic E-state index is 12.5. The molecule has 1 atom stereocenters. The summed E-state index contributed by atoms with van der Waals surface area (Å²) in [5.74, 6) is 0.903. The molecule has 0 aliphatic carbocycles. The van der Waals surface area contributed by atoms with Gasteiger partial charge in [-0.05, 0) is 30.2 Å². The van der Waals surface area contributed by atoms with Crippen LogP contribution in [0.25, 0.3) is 0 Å². The number of benzene rings is 2. The number of carbonyl (C=O) groups excluding carboxylic acids is 1. The van der Waals surface area contributed by atoms with E-state index >= 15 is 0 Å². The van der Waals surface area contributed by atoms with E-state index in [0.29, 0.717) is 31.0 Å². The molecular weight excluding hydrogens is 290 g/mol. The van der Waals surface area contributed by atoms with Crippen LogP contribution in [-0.2, 0) is 6.61 Å². The Bertz CT molecular complexity index is 657. The predicted octanol–water partition coefficient (Wildman–Crippen LogP) is 2.72. The van der Waals surface area contributed by atoms with Crippen LogP contribution in [0.1, 0.15) is 22.3 Å². The fourth-order valence-electron chi connectivity index (χ4n) is 2.81. The number of nitrogens with zero attached hydrogens (tertiary/aromatic N) is 1. The lowest BCUT2D eigenvalue weighted by molar-refractivity contribution is 0.0781. The third kappa shape index (κ3) is 3.90. The van der Waals surface area contributed by atoms with Crippen molar-refractivity contribution >= 4 is 5.91 Å². The van der Waals surface area contributed by atoms with Gasteiger partial charge < -0.3 is 14.7 Å². The minimum Gasteiger partial charge on any atom is -0.489 e. The van der Waals surface area contributed by atoms with Crippen LogP contribution in [-0.4, -0.2) is 35.6 Å². The maximum Gasteiger partial charge on any atom is 0.253 e. The van der Waals surface area contributed by atoms with Gasteiger partial charge in [0.1, 0.15) is 12.4 Å². The van der Waals surface area contributed by atoms with Crippen LogP contribution in [0.2, 0.25) is 0 Å². The van der Waals surface area contributed by atoms with Crippen LogP contribution in [0.3, 0.4) is 0 Å². The number of aliphatic hydroxyl groups is 1. The van der Waals surface area contributed by atoms with Gasteiger partial charge in [0.15, 0.2) is 0 Å². The van der Waals surface area contributed by atoms with Crippen molar-refractivity contribution in [3.63, 3.8) is 0 Å². The summed E-state index contributed by atoms with van der Waals surface area (Å²) in [6.07, 6.45) is 0.867. The van der Waals surface area contributed by atoms with Gasteiger partial charge in [-0.15, -0.1) is 0 Å². The van der Waals surface area contributed by atoms with E-state index in [1.165, 1.54) is 0 Å². The molecule has 2 aromatic rings. The number of hydrogen-bond donors (Lipinski definition) is 1. The molecule has 0 aromatic heterocycles. The first-order valence-electron chi connectivity index (χ1n) is 7.93. The van der Waals surface area contributed by atoms with E-state index in [1.54, 1.807) is 11.0 Å². The van der Waals surface area contributed by atoms with Gasteiger partial charge in [0.2, 0.25) is 0 Å². The van der Waals surface area contributed by atoms with Gasteiger partial charge in [-0.3, -0.25) is 4.79 Å². The standard InChI is InChI=1S/C19H21NO3/c21-13-16-9-10-20(12-16)19(22)17-7-4-8-18(11-17)23-14-15-5-2-1-3-6-15/h1-8,11,16,21H,9-10,12-14H2. The second-order valence-electron chi connectivity index (χ2n) is 5.89. The van der Waals surface area contributed by atoms with Crippen molar-refractivity contribution in [1.82, 2.24) is 4.90 Å². The summed E-state index contributed by atoms with van der Waals surface area (Å²) in [6.45, 7) is 1.96. The normalized spacial score (nSPS) is 17.3. The summed E-state index contributed by atoms with van der Waals surface area (Å²) >= 11 is 0. The molecule has 1 fully saturated rings. The minimum atomic E-state index is 0.00566. The van der Waals surface area contributed by atoms with E-state index in [1.807, 2.05) is 48.5 Å². The zero-order chi connectivity index (χ0) is 16.1. The molecule has 1 aliphatic rings. The Hall–Kier alpha value is -2.33. The smallest absolute Gasteiger partial charge is 0.253 e. The summed E-state index contributed by atoms with van der Waals surface area (Å²) in [7, 11) is 0. The Morgan fingerprint density at radius 1 is 1.17 bits per heavy atom. The highest BCUT2D eigenvalue weighted by Crippen LogP contribution is 2.21. The van der Waals surface area contributed by atoms with Gasteiger partial charge in [-0.2, -0.15) is 0 Å². The molecule has 0 saturated carbocycles. The number of ether oxygens (including phenoxy) is 1. The van der Waals surface area contributed by atoms with Crippen LogP contribution >= 0.6 is 0 Å². The first kappa shape index (κ1) is 15.6. The molecule has 1 aliphatic heterocycles. The molecule has 1 saturated heterocycles. The maximum absolute atomic E-state index is 12.5. The molecule has 4 heteroatoms.